The van der Waals surface area contributed by atoms with Gasteiger partial charge in [-0.3, -0.25) is 0 Å². The maximum Gasteiger partial charge on any atom is 0.120 e. The fourth-order valence-corrected chi connectivity index (χ4v) is 4.06. The summed E-state index contributed by atoms with van der Waals surface area (Å²) in [7, 11) is 0. The molecule has 0 saturated heterocycles. The molecule has 2 unspecified atom stereocenters. The molecule has 0 saturated carbocycles. The Balaban J connectivity index is 1.80. The summed E-state index contributed by atoms with van der Waals surface area (Å²) in [5, 5.41) is 15.9. The number of benzene rings is 1. The van der Waals surface area contributed by atoms with Gasteiger partial charge in [-0.2, -0.15) is 0 Å². The monoisotopic (exact) mass is 287 g/mol. The van der Waals surface area contributed by atoms with Gasteiger partial charge in [0.25, 0.3) is 0 Å². The molecular formula is C17H21NOS. The molecule has 0 spiro atoms. The number of aryl methyl sites for hydroxylation is 2. The van der Waals surface area contributed by atoms with Crippen LogP contribution in [0.2, 0.25) is 0 Å². The Morgan fingerprint density at radius 2 is 2.20 bits per heavy atom. The van der Waals surface area contributed by atoms with Gasteiger partial charge in [-0.1, -0.05) is 17.7 Å². The van der Waals surface area contributed by atoms with Crippen molar-refractivity contribution in [3.63, 3.8) is 0 Å². The van der Waals surface area contributed by atoms with Crippen molar-refractivity contribution < 1.29 is 5.11 Å². The third kappa shape index (κ3) is 2.60. The van der Waals surface area contributed by atoms with E-state index < -0.39 is 0 Å². The molecule has 2 aromatic rings. The number of fused-ring (bicyclic) bond motifs is 1. The van der Waals surface area contributed by atoms with E-state index >= 15 is 0 Å². The maximum atomic E-state index is 10.1. The summed E-state index contributed by atoms with van der Waals surface area (Å²) >= 11 is 1.87. The molecule has 3 rings (SSSR count). The fourth-order valence-electron chi connectivity index (χ4n) is 3.07. The molecule has 1 heterocycles. The molecule has 0 fully saturated rings. The molecule has 3 heteroatoms. The van der Waals surface area contributed by atoms with Crippen LogP contribution in [-0.2, 0) is 6.42 Å². The number of nitrogens with one attached hydrogen (secondary N) is 1. The topological polar surface area (TPSA) is 32.3 Å². The largest absolute Gasteiger partial charge is 0.508 e. The van der Waals surface area contributed by atoms with Crippen molar-refractivity contribution in [2.75, 3.05) is 0 Å². The molecule has 0 bridgehead atoms. The number of rotatable bonds is 3. The highest BCUT2D eigenvalue weighted by molar-refractivity contribution is 7.10. The average Bonchev–Trinajstić information content (AvgIpc) is 2.91. The Hall–Kier alpha value is -1.32. The van der Waals surface area contributed by atoms with Gasteiger partial charge in [0.05, 0.1) is 0 Å². The van der Waals surface area contributed by atoms with E-state index in [1.54, 1.807) is 6.07 Å². The Morgan fingerprint density at radius 3 is 3.05 bits per heavy atom. The van der Waals surface area contributed by atoms with Crippen LogP contribution in [0.1, 0.15) is 53.4 Å². The third-order valence-corrected chi connectivity index (χ3v) is 5.15. The number of thiophene rings is 1. The highest BCUT2D eigenvalue weighted by atomic mass is 32.1. The molecule has 1 aromatic carbocycles. The first kappa shape index (κ1) is 13.7. The van der Waals surface area contributed by atoms with Gasteiger partial charge in [-0.15, -0.1) is 11.3 Å². The molecule has 2 nitrogen and oxygen atoms in total. The second kappa shape index (κ2) is 5.58. The number of hydrogen-bond donors (Lipinski definition) is 2. The summed E-state index contributed by atoms with van der Waals surface area (Å²) in [5.74, 6) is 0.386. The van der Waals surface area contributed by atoms with Crippen LogP contribution < -0.4 is 5.32 Å². The van der Waals surface area contributed by atoms with Gasteiger partial charge in [0, 0.05) is 22.5 Å². The lowest BCUT2D eigenvalue weighted by Crippen LogP contribution is -2.27. The summed E-state index contributed by atoms with van der Waals surface area (Å²) in [6, 6.07) is 8.64. The zero-order valence-corrected chi connectivity index (χ0v) is 12.8. The number of aromatic hydroxyl groups is 1. The van der Waals surface area contributed by atoms with Crippen molar-refractivity contribution in [3.05, 3.63) is 51.2 Å². The molecule has 2 atom stereocenters. The van der Waals surface area contributed by atoms with Gasteiger partial charge in [-0.05, 0) is 56.2 Å². The van der Waals surface area contributed by atoms with Crippen LogP contribution in [0.15, 0.2) is 29.6 Å². The predicted molar refractivity (Wildman–Crippen MR) is 84.4 cm³/mol. The summed E-state index contributed by atoms with van der Waals surface area (Å²) < 4.78 is 0. The normalized spacial score (nSPS) is 19.6. The summed E-state index contributed by atoms with van der Waals surface area (Å²) in [4.78, 5) is 1.52. The molecule has 1 aliphatic carbocycles. The quantitative estimate of drug-likeness (QED) is 0.871. The van der Waals surface area contributed by atoms with Gasteiger partial charge in [0.1, 0.15) is 5.75 Å². The van der Waals surface area contributed by atoms with E-state index in [1.165, 1.54) is 35.3 Å². The molecule has 0 radical (unpaired) electrons. The molecule has 20 heavy (non-hydrogen) atoms. The van der Waals surface area contributed by atoms with Crippen molar-refractivity contribution in [1.82, 2.24) is 5.32 Å². The molecule has 1 aliphatic rings. The van der Waals surface area contributed by atoms with E-state index in [0.717, 1.165) is 5.56 Å². The van der Waals surface area contributed by atoms with Gasteiger partial charge in [0.2, 0.25) is 0 Å². The minimum Gasteiger partial charge on any atom is -0.508 e. The second-order valence-electron chi connectivity index (χ2n) is 5.69. The van der Waals surface area contributed by atoms with Crippen molar-refractivity contribution >= 4 is 11.3 Å². The lowest BCUT2D eigenvalue weighted by atomic mass is 9.92. The lowest BCUT2D eigenvalue weighted by molar-refractivity contribution is 0.402. The first-order valence-electron chi connectivity index (χ1n) is 7.27. The van der Waals surface area contributed by atoms with Crippen LogP contribution in [0, 0.1) is 6.92 Å². The van der Waals surface area contributed by atoms with Crippen molar-refractivity contribution in [2.45, 2.75) is 45.2 Å². The summed E-state index contributed by atoms with van der Waals surface area (Å²) in [5.41, 5.74) is 3.64. The van der Waals surface area contributed by atoms with E-state index in [0.29, 0.717) is 11.8 Å². The minimum absolute atomic E-state index is 0.158. The molecule has 0 aliphatic heterocycles. The van der Waals surface area contributed by atoms with Crippen LogP contribution in [0.5, 0.6) is 5.75 Å². The predicted octanol–water partition coefficient (Wildman–Crippen LogP) is 4.49. The summed E-state index contributed by atoms with van der Waals surface area (Å²) in [6.45, 7) is 4.20. The van der Waals surface area contributed by atoms with Gasteiger partial charge < -0.3 is 10.4 Å². The number of hydrogen-bond acceptors (Lipinski definition) is 3. The highest BCUT2D eigenvalue weighted by Gasteiger charge is 2.23. The van der Waals surface area contributed by atoms with Gasteiger partial charge in [0.15, 0.2) is 0 Å². The van der Waals surface area contributed by atoms with E-state index in [4.69, 9.17) is 0 Å². The fraction of sp³-hybridized carbons (Fsp3) is 0.412. The van der Waals surface area contributed by atoms with Gasteiger partial charge >= 0.3 is 0 Å². The first-order chi connectivity index (χ1) is 9.65. The second-order valence-corrected chi connectivity index (χ2v) is 6.70. The van der Waals surface area contributed by atoms with Crippen LogP contribution in [0.4, 0.5) is 0 Å². The van der Waals surface area contributed by atoms with E-state index in [-0.39, 0.29) is 6.04 Å². The highest BCUT2D eigenvalue weighted by Crippen LogP contribution is 2.35. The zero-order valence-electron chi connectivity index (χ0n) is 12.0. The lowest BCUT2D eigenvalue weighted by Gasteiger charge is -2.28. The Morgan fingerprint density at radius 1 is 1.35 bits per heavy atom. The van der Waals surface area contributed by atoms with E-state index in [1.807, 2.05) is 17.4 Å². The van der Waals surface area contributed by atoms with Crippen LogP contribution >= 0.6 is 11.3 Å². The molecular weight excluding hydrogens is 266 g/mol. The zero-order chi connectivity index (χ0) is 14.1. The third-order valence-electron chi connectivity index (χ3n) is 4.15. The summed E-state index contributed by atoms with van der Waals surface area (Å²) in [6.07, 6.45) is 3.65. The minimum atomic E-state index is 0.158. The molecule has 0 amide bonds. The SMILES string of the molecule is Cc1ccc(O)c(C(C)NC2CCCc3sccc32)c1. The average molecular weight is 287 g/mol. The number of phenols is 1. The molecule has 106 valence electrons. The van der Waals surface area contributed by atoms with Crippen molar-refractivity contribution in [3.8, 4) is 5.75 Å². The first-order valence-corrected chi connectivity index (χ1v) is 8.15. The van der Waals surface area contributed by atoms with Crippen LogP contribution in [0.25, 0.3) is 0 Å². The van der Waals surface area contributed by atoms with Gasteiger partial charge in [-0.25, -0.2) is 0 Å². The Kier molecular flexibility index (Phi) is 3.81. The molecule has 2 N–H and O–H groups in total. The van der Waals surface area contributed by atoms with Crippen molar-refractivity contribution in [1.29, 1.82) is 0 Å². The van der Waals surface area contributed by atoms with E-state index in [9.17, 15) is 5.11 Å². The smallest absolute Gasteiger partial charge is 0.120 e. The maximum absolute atomic E-state index is 10.1. The van der Waals surface area contributed by atoms with Crippen molar-refractivity contribution in [2.24, 2.45) is 0 Å². The standard InChI is InChI=1S/C17H21NOS/c1-11-6-7-16(19)14(10-11)12(2)18-15-4-3-5-17-13(15)8-9-20-17/h6-10,12,15,18-19H,3-5H2,1-2H3. The van der Waals surface area contributed by atoms with Crippen LogP contribution in [0.3, 0.4) is 0 Å². The Labute approximate surface area is 124 Å². The Bertz CT molecular complexity index is 605. The van der Waals surface area contributed by atoms with E-state index in [2.05, 4.69) is 36.7 Å². The molecule has 1 aromatic heterocycles. The number of phenolic OH excluding ortho intramolecular Hbond substituents is 1. The van der Waals surface area contributed by atoms with Crippen LogP contribution in [-0.4, -0.2) is 5.11 Å².